The van der Waals surface area contributed by atoms with Gasteiger partial charge in [0.15, 0.2) is 0 Å². The Morgan fingerprint density at radius 2 is 1.58 bits per heavy atom. The zero-order chi connectivity index (χ0) is 17.0. The van der Waals surface area contributed by atoms with E-state index in [1.807, 2.05) is 18.2 Å². The Hall–Kier alpha value is -2.35. The van der Waals surface area contributed by atoms with E-state index in [4.69, 9.17) is 0 Å². The van der Waals surface area contributed by atoms with Gasteiger partial charge in [0.25, 0.3) is 0 Å². The van der Waals surface area contributed by atoms with Crippen LogP contribution >= 0.6 is 0 Å². The highest BCUT2D eigenvalue weighted by Crippen LogP contribution is 2.21. The fraction of sp³-hybridized carbons (Fsp3) is 0.375. The molecule has 0 unspecified atom stereocenters. The monoisotopic (exact) mass is 347 g/mol. The van der Waals surface area contributed by atoms with Crippen LogP contribution in [0.1, 0.15) is 6.92 Å². The molecule has 0 amide bonds. The van der Waals surface area contributed by atoms with Crippen LogP contribution in [-0.4, -0.2) is 50.3 Å². The summed E-state index contributed by atoms with van der Waals surface area (Å²) in [5, 5.41) is 0. The lowest BCUT2D eigenvalue weighted by atomic mass is 10.2. The van der Waals surface area contributed by atoms with Crippen LogP contribution in [0.3, 0.4) is 0 Å². The van der Waals surface area contributed by atoms with E-state index in [-0.39, 0.29) is 5.75 Å². The van der Waals surface area contributed by atoms with Crippen molar-refractivity contribution in [2.75, 3.05) is 46.5 Å². The van der Waals surface area contributed by atoms with Crippen LogP contribution in [0.5, 0.6) is 0 Å². The standard InChI is InChI=1S/C16H21N5O2S/c1-2-24(22,23)19-14-4-6-15(7-5-14)20-10-12-21(13-11-20)16-17-8-3-9-18-16/h3-9,19H,2,10-13H2,1H3. The van der Waals surface area contributed by atoms with E-state index in [1.165, 1.54) is 0 Å². The van der Waals surface area contributed by atoms with Gasteiger partial charge in [-0.1, -0.05) is 0 Å². The summed E-state index contributed by atoms with van der Waals surface area (Å²) in [4.78, 5) is 13.0. The quantitative estimate of drug-likeness (QED) is 0.884. The van der Waals surface area contributed by atoms with Crippen LogP contribution in [0.15, 0.2) is 42.7 Å². The number of hydrogen-bond acceptors (Lipinski definition) is 6. The minimum atomic E-state index is -3.23. The first-order valence-corrected chi connectivity index (χ1v) is 9.60. The van der Waals surface area contributed by atoms with Gasteiger partial charge < -0.3 is 9.80 Å². The summed E-state index contributed by atoms with van der Waals surface area (Å²) in [5.74, 6) is 0.833. The molecule has 1 aromatic carbocycles. The maximum absolute atomic E-state index is 11.6. The first-order chi connectivity index (χ1) is 11.6. The Balaban J connectivity index is 1.60. The van der Waals surface area contributed by atoms with Gasteiger partial charge in [-0.2, -0.15) is 0 Å². The Morgan fingerprint density at radius 3 is 2.17 bits per heavy atom. The summed E-state index contributed by atoms with van der Waals surface area (Å²) < 4.78 is 25.7. The van der Waals surface area contributed by atoms with Crippen molar-refractivity contribution in [2.24, 2.45) is 0 Å². The predicted octanol–water partition coefficient (Wildman–Crippen LogP) is 1.56. The van der Waals surface area contributed by atoms with Gasteiger partial charge >= 0.3 is 0 Å². The molecule has 7 nitrogen and oxygen atoms in total. The Bertz CT molecular complexity index is 757. The summed E-state index contributed by atoms with van der Waals surface area (Å²) in [7, 11) is -3.23. The minimum Gasteiger partial charge on any atom is -0.368 e. The van der Waals surface area contributed by atoms with E-state index in [9.17, 15) is 8.42 Å². The molecule has 0 aliphatic carbocycles. The summed E-state index contributed by atoms with van der Waals surface area (Å²) in [6, 6.07) is 9.31. The van der Waals surface area contributed by atoms with Crippen molar-refractivity contribution >= 4 is 27.3 Å². The van der Waals surface area contributed by atoms with Gasteiger partial charge in [0.1, 0.15) is 0 Å². The second-order valence-corrected chi connectivity index (χ2v) is 7.59. The molecule has 1 saturated heterocycles. The van der Waals surface area contributed by atoms with E-state index in [1.54, 1.807) is 31.5 Å². The van der Waals surface area contributed by atoms with Crippen molar-refractivity contribution in [3.05, 3.63) is 42.7 Å². The second-order valence-electron chi connectivity index (χ2n) is 5.58. The van der Waals surface area contributed by atoms with E-state index < -0.39 is 10.0 Å². The highest BCUT2D eigenvalue weighted by Gasteiger charge is 2.19. The van der Waals surface area contributed by atoms with Gasteiger partial charge in [0.2, 0.25) is 16.0 Å². The average molecular weight is 347 g/mol. The van der Waals surface area contributed by atoms with Gasteiger partial charge in [-0.15, -0.1) is 0 Å². The van der Waals surface area contributed by atoms with Gasteiger partial charge in [0.05, 0.1) is 5.75 Å². The molecule has 8 heteroatoms. The number of benzene rings is 1. The number of aromatic nitrogens is 2. The first-order valence-electron chi connectivity index (χ1n) is 7.95. The molecule has 0 atom stereocenters. The molecule has 0 spiro atoms. The van der Waals surface area contributed by atoms with Gasteiger partial charge in [-0.3, -0.25) is 4.72 Å². The van der Waals surface area contributed by atoms with Crippen LogP contribution in [0, 0.1) is 0 Å². The summed E-state index contributed by atoms with van der Waals surface area (Å²) in [6.45, 7) is 5.08. The van der Waals surface area contributed by atoms with Crippen LogP contribution < -0.4 is 14.5 Å². The number of rotatable bonds is 5. The summed E-state index contributed by atoms with van der Waals surface area (Å²) in [6.07, 6.45) is 3.51. The van der Waals surface area contributed by atoms with Crippen molar-refractivity contribution in [3.8, 4) is 0 Å². The van der Waals surface area contributed by atoms with Crippen LogP contribution in [0.4, 0.5) is 17.3 Å². The van der Waals surface area contributed by atoms with E-state index in [0.29, 0.717) is 5.69 Å². The number of hydrogen-bond donors (Lipinski definition) is 1. The SMILES string of the molecule is CCS(=O)(=O)Nc1ccc(N2CCN(c3ncccn3)CC2)cc1. The van der Waals surface area contributed by atoms with Crippen LogP contribution in [0.2, 0.25) is 0 Å². The Kier molecular flexibility index (Phi) is 4.84. The molecule has 1 aliphatic heterocycles. The van der Waals surface area contributed by atoms with Crippen molar-refractivity contribution in [2.45, 2.75) is 6.92 Å². The molecule has 24 heavy (non-hydrogen) atoms. The third-order valence-corrected chi connectivity index (χ3v) is 5.31. The number of anilines is 3. The maximum Gasteiger partial charge on any atom is 0.232 e. The van der Waals surface area contributed by atoms with Crippen molar-refractivity contribution in [3.63, 3.8) is 0 Å². The zero-order valence-corrected chi connectivity index (χ0v) is 14.4. The number of nitrogens with zero attached hydrogens (tertiary/aromatic N) is 4. The Morgan fingerprint density at radius 1 is 1.00 bits per heavy atom. The molecular weight excluding hydrogens is 326 g/mol. The third-order valence-electron chi connectivity index (χ3n) is 4.00. The highest BCUT2D eigenvalue weighted by atomic mass is 32.2. The first kappa shape index (κ1) is 16.5. The van der Waals surface area contributed by atoms with Crippen LogP contribution in [-0.2, 0) is 10.0 Å². The number of piperazine rings is 1. The third kappa shape index (κ3) is 3.94. The molecular formula is C16H21N5O2S. The molecule has 128 valence electrons. The summed E-state index contributed by atoms with van der Waals surface area (Å²) in [5.41, 5.74) is 1.68. The number of nitrogens with one attached hydrogen (secondary N) is 1. The molecule has 1 aliphatic rings. The normalized spacial score (nSPS) is 15.4. The molecule has 2 aromatic rings. The average Bonchev–Trinajstić information content (AvgIpc) is 2.63. The number of sulfonamides is 1. The molecule has 3 rings (SSSR count). The van der Waals surface area contributed by atoms with E-state index >= 15 is 0 Å². The predicted molar refractivity (Wildman–Crippen MR) is 96.0 cm³/mol. The van der Waals surface area contributed by atoms with E-state index in [0.717, 1.165) is 37.8 Å². The highest BCUT2D eigenvalue weighted by molar-refractivity contribution is 7.92. The van der Waals surface area contributed by atoms with Gasteiger partial charge in [-0.05, 0) is 37.3 Å². The molecule has 1 fully saturated rings. The lowest BCUT2D eigenvalue weighted by Gasteiger charge is -2.36. The minimum absolute atomic E-state index is 0.0677. The molecule has 2 heterocycles. The largest absolute Gasteiger partial charge is 0.368 e. The van der Waals surface area contributed by atoms with Crippen LogP contribution in [0.25, 0.3) is 0 Å². The van der Waals surface area contributed by atoms with E-state index in [2.05, 4.69) is 24.5 Å². The maximum atomic E-state index is 11.6. The van der Waals surface area contributed by atoms with Crippen molar-refractivity contribution in [1.29, 1.82) is 0 Å². The lowest BCUT2D eigenvalue weighted by Crippen LogP contribution is -2.47. The topological polar surface area (TPSA) is 78.4 Å². The smallest absolute Gasteiger partial charge is 0.232 e. The zero-order valence-electron chi connectivity index (χ0n) is 13.6. The molecule has 1 aromatic heterocycles. The summed E-state index contributed by atoms with van der Waals surface area (Å²) >= 11 is 0. The van der Waals surface area contributed by atoms with Gasteiger partial charge in [0, 0.05) is 49.9 Å². The molecule has 1 N–H and O–H groups in total. The lowest BCUT2D eigenvalue weighted by molar-refractivity contribution is 0.602. The molecule has 0 radical (unpaired) electrons. The second kappa shape index (κ2) is 7.04. The molecule has 0 saturated carbocycles. The van der Waals surface area contributed by atoms with Crippen molar-refractivity contribution in [1.82, 2.24) is 9.97 Å². The fourth-order valence-electron chi connectivity index (χ4n) is 2.61. The Labute approximate surface area is 142 Å². The fourth-order valence-corrected chi connectivity index (χ4v) is 3.25. The van der Waals surface area contributed by atoms with Crippen molar-refractivity contribution < 1.29 is 8.42 Å². The van der Waals surface area contributed by atoms with Gasteiger partial charge in [-0.25, -0.2) is 18.4 Å². The molecule has 0 bridgehead atoms.